The quantitative estimate of drug-likeness (QED) is 0.594. The lowest BCUT2D eigenvalue weighted by Crippen LogP contribution is -2.47. The van der Waals surface area contributed by atoms with Gasteiger partial charge < -0.3 is 0 Å². The average molecular weight is 454 g/mol. The van der Waals surface area contributed by atoms with Gasteiger partial charge in [0.2, 0.25) is 0 Å². The topological polar surface area (TPSA) is 47.2 Å². The third kappa shape index (κ3) is 4.00. The first-order valence-electron chi connectivity index (χ1n) is 9.93. The van der Waals surface area contributed by atoms with E-state index in [1.165, 1.54) is 10.1 Å². The van der Waals surface area contributed by atoms with Gasteiger partial charge in [-0.1, -0.05) is 64.5 Å². The number of halogens is 1. The van der Waals surface area contributed by atoms with E-state index in [1.807, 2.05) is 55.5 Å². The molecule has 1 aliphatic rings. The highest BCUT2D eigenvalue weighted by Gasteiger charge is 2.25. The van der Waals surface area contributed by atoms with Crippen molar-refractivity contribution in [3.05, 3.63) is 102 Å². The molecule has 2 aromatic carbocycles. The Labute approximate surface area is 178 Å². The molecular weight excluding hydrogens is 430 g/mol. The van der Waals surface area contributed by atoms with Crippen molar-refractivity contribution >= 4 is 15.9 Å². The summed E-state index contributed by atoms with van der Waals surface area (Å²) in [6, 6.07) is 17.8. The first kappa shape index (κ1) is 19.9. The second kappa shape index (κ2) is 8.51. The Kier molecular flexibility index (Phi) is 5.83. The van der Waals surface area contributed by atoms with Crippen molar-refractivity contribution in [2.45, 2.75) is 39.5 Å². The van der Waals surface area contributed by atoms with Crippen molar-refractivity contribution in [2.24, 2.45) is 0 Å². The number of hydrogen-bond donors (Lipinski definition) is 0. The average Bonchev–Trinajstić information content (AvgIpc) is 2.74. The van der Waals surface area contributed by atoms with Crippen LogP contribution in [0.4, 0.5) is 0 Å². The zero-order chi connectivity index (χ0) is 20.4. The van der Waals surface area contributed by atoms with E-state index in [0.717, 1.165) is 34.4 Å². The van der Waals surface area contributed by atoms with Crippen molar-refractivity contribution in [1.29, 1.82) is 0 Å². The number of benzene rings is 2. The molecule has 0 saturated heterocycles. The Bertz CT molecular complexity index is 1140. The lowest BCUT2D eigenvalue weighted by molar-refractivity contribution is 0.236. The van der Waals surface area contributed by atoms with Crippen LogP contribution in [0.3, 0.4) is 0 Å². The third-order valence-electron chi connectivity index (χ3n) is 5.54. The number of fused-ring (bicyclic) bond motifs is 1. The molecule has 4 rings (SSSR count). The largest absolute Gasteiger partial charge is 0.331 e. The molecule has 0 aliphatic carbocycles. The van der Waals surface area contributed by atoms with Crippen LogP contribution in [0, 0.1) is 0 Å². The van der Waals surface area contributed by atoms with E-state index in [0.29, 0.717) is 26.1 Å². The Morgan fingerprint density at radius 2 is 1.66 bits per heavy atom. The Hall–Kier alpha value is -2.44. The molecule has 3 aromatic rings. The Morgan fingerprint density at radius 3 is 2.38 bits per heavy atom. The number of hydrogen-bond acceptors (Lipinski definition) is 3. The first-order chi connectivity index (χ1) is 14.1. The molecule has 2 heterocycles. The van der Waals surface area contributed by atoms with Crippen LogP contribution in [0.5, 0.6) is 0 Å². The number of rotatable bonds is 5. The van der Waals surface area contributed by atoms with Crippen LogP contribution in [0.15, 0.2) is 68.7 Å². The second-order valence-electron chi connectivity index (χ2n) is 7.38. The van der Waals surface area contributed by atoms with E-state index < -0.39 is 0 Å². The van der Waals surface area contributed by atoms with Gasteiger partial charge in [0, 0.05) is 42.8 Å². The van der Waals surface area contributed by atoms with Gasteiger partial charge in [0.15, 0.2) is 0 Å². The fourth-order valence-electron chi connectivity index (χ4n) is 4.04. The molecule has 0 bridgehead atoms. The van der Waals surface area contributed by atoms with Gasteiger partial charge in [0.05, 0.1) is 12.1 Å². The first-order valence-corrected chi connectivity index (χ1v) is 10.7. The van der Waals surface area contributed by atoms with Gasteiger partial charge in [0.1, 0.15) is 0 Å². The van der Waals surface area contributed by atoms with Crippen LogP contribution in [-0.4, -0.2) is 20.6 Å². The van der Waals surface area contributed by atoms with E-state index in [1.54, 1.807) is 4.57 Å². The summed E-state index contributed by atoms with van der Waals surface area (Å²) in [6.07, 6.45) is 0.713. The van der Waals surface area contributed by atoms with Crippen LogP contribution in [-0.2, 0) is 32.6 Å². The van der Waals surface area contributed by atoms with Crippen LogP contribution in [0.2, 0.25) is 0 Å². The third-order valence-corrected chi connectivity index (χ3v) is 6.31. The molecule has 5 nitrogen and oxygen atoms in total. The number of aromatic nitrogens is 2. The molecule has 150 valence electrons. The fourth-order valence-corrected chi connectivity index (χ4v) is 4.45. The van der Waals surface area contributed by atoms with Crippen molar-refractivity contribution < 1.29 is 0 Å². The van der Waals surface area contributed by atoms with Crippen LogP contribution in [0.1, 0.15) is 29.3 Å². The molecule has 1 aliphatic heterocycles. The molecule has 0 unspecified atom stereocenters. The minimum atomic E-state index is -0.209. The molecule has 0 fully saturated rings. The maximum atomic E-state index is 13.3. The molecule has 6 heteroatoms. The maximum absolute atomic E-state index is 13.3. The molecule has 0 amide bonds. The van der Waals surface area contributed by atoms with Gasteiger partial charge in [0.25, 0.3) is 5.56 Å². The Balaban J connectivity index is 1.71. The van der Waals surface area contributed by atoms with Crippen LogP contribution >= 0.6 is 15.9 Å². The van der Waals surface area contributed by atoms with Crippen LogP contribution < -0.4 is 11.2 Å². The normalized spacial score (nSPS) is 14.0. The van der Waals surface area contributed by atoms with Gasteiger partial charge in [-0.3, -0.25) is 18.8 Å². The van der Waals surface area contributed by atoms with Gasteiger partial charge in [-0.15, -0.1) is 0 Å². The highest BCUT2D eigenvalue weighted by Crippen LogP contribution is 2.22. The highest BCUT2D eigenvalue weighted by atomic mass is 79.9. The standard InChI is InChI=1S/C23H24BrN3O2/c1-2-26-21-12-13-25(15-18-10-6-7-11-20(18)24)16-19(21)22(28)27(23(26)29)14-17-8-4-3-5-9-17/h3-11H,2,12-16H2,1H3. The number of nitrogens with zero attached hydrogens (tertiary/aromatic N) is 3. The summed E-state index contributed by atoms with van der Waals surface area (Å²) in [7, 11) is 0. The summed E-state index contributed by atoms with van der Waals surface area (Å²) in [5, 5.41) is 0. The van der Waals surface area contributed by atoms with Gasteiger partial charge >= 0.3 is 5.69 Å². The summed E-state index contributed by atoms with van der Waals surface area (Å²) in [5.74, 6) is 0. The zero-order valence-electron chi connectivity index (χ0n) is 16.5. The summed E-state index contributed by atoms with van der Waals surface area (Å²) in [4.78, 5) is 28.6. The fraction of sp³-hybridized carbons (Fsp3) is 0.304. The zero-order valence-corrected chi connectivity index (χ0v) is 18.1. The second-order valence-corrected chi connectivity index (χ2v) is 8.24. The summed E-state index contributed by atoms with van der Waals surface area (Å²) in [5.41, 5.74) is 3.44. The van der Waals surface area contributed by atoms with E-state index in [4.69, 9.17) is 0 Å². The SMILES string of the molecule is CCn1c2c(c(=O)n(Cc3ccccc3)c1=O)CN(Cc1ccccc1Br)CC2. The summed E-state index contributed by atoms with van der Waals surface area (Å²) >= 11 is 3.61. The molecule has 0 N–H and O–H groups in total. The lowest BCUT2D eigenvalue weighted by Gasteiger charge is -2.30. The smallest absolute Gasteiger partial charge is 0.297 e. The minimum absolute atomic E-state index is 0.157. The molecular formula is C23H24BrN3O2. The van der Waals surface area contributed by atoms with Gasteiger partial charge in [-0.2, -0.15) is 0 Å². The minimum Gasteiger partial charge on any atom is -0.297 e. The molecule has 1 aromatic heterocycles. The lowest BCUT2D eigenvalue weighted by atomic mass is 10.0. The molecule has 29 heavy (non-hydrogen) atoms. The van der Waals surface area contributed by atoms with Gasteiger partial charge in [-0.25, -0.2) is 4.79 Å². The highest BCUT2D eigenvalue weighted by molar-refractivity contribution is 9.10. The van der Waals surface area contributed by atoms with Crippen LogP contribution in [0.25, 0.3) is 0 Å². The van der Waals surface area contributed by atoms with E-state index in [-0.39, 0.29) is 11.2 Å². The van der Waals surface area contributed by atoms with Crippen molar-refractivity contribution in [3.63, 3.8) is 0 Å². The summed E-state index contributed by atoms with van der Waals surface area (Å²) < 4.78 is 4.24. The van der Waals surface area contributed by atoms with E-state index in [2.05, 4.69) is 26.9 Å². The molecule has 0 saturated carbocycles. The monoisotopic (exact) mass is 453 g/mol. The Morgan fingerprint density at radius 1 is 0.931 bits per heavy atom. The molecule has 0 radical (unpaired) electrons. The van der Waals surface area contributed by atoms with Crippen molar-refractivity contribution in [1.82, 2.24) is 14.0 Å². The summed E-state index contributed by atoms with van der Waals surface area (Å²) in [6.45, 7) is 4.99. The van der Waals surface area contributed by atoms with Crippen molar-refractivity contribution in [2.75, 3.05) is 6.54 Å². The van der Waals surface area contributed by atoms with Crippen molar-refractivity contribution in [3.8, 4) is 0 Å². The maximum Gasteiger partial charge on any atom is 0.331 e. The van der Waals surface area contributed by atoms with E-state index in [9.17, 15) is 9.59 Å². The molecule has 0 atom stereocenters. The van der Waals surface area contributed by atoms with Gasteiger partial charge in [-0.05, 0) is 24.1 Å². The molecule has 0 spiro atoms. The predicted octanol–water partition coefficient (Wildman–Crippen LogP) is 3.40. The predicted molar refractivity (Wildman–Crippen MR) is 118 cm³/mol. The van der Waals surface area contributed by atoms with E-state index >= 15 is 0 Å².